The zero-order valence-corrected chi connectivity index (χ0v) is 8.99. The van der Waals surface area contributed by atoms with Gasteiger partial charge in [-0.3, -0.25) is 4.79 Å². The molecule has 1 aliphatic heterocycles. The van der Waals surface area contributed by atoms with Crippen molar-refractivity contribution in [3.63, 3.8) is 0 Å². The lowest BCUT2D eigenvalue weighted by atomic mass is 10.1. The number of ether oxygens (including phenoxy) is 3. The van der Waals surface area contributed by atoms with E-state index < -0.39 is 0 Å². The molecule has 0 amide bonds. The Morgan fingerprint density at radius 1 is 1.50 bits per heavy atom. The summed E-state index contributed by atoms with van der Waals surface area (Å²) in [5, 5.41) is 0. The molecule has 0 fully saturated rings. The molecule has 0 saturated heterocycles. The first-order valence-electron chi connectivity index (χ1n) is 4.97. The Kier molecular flexibility index (Phi) is 2.96. The van der Waals surface area contributed by atoms with Crippen molar-refractivity contribution in [2.75, 3.05) is 20.4 Å². The Bertz CT molecular complexity index is 417. The minimum Gasteiger partial charge on any atom is -0.497 e. The van der Waals surface area contributed by atoms with Crippen molar-refractivity contribution >= 4 is 5.78 Å². The van der Waals surface area contributed by atoms with Gasteiger partial charge in [-0.1, -0.05) is 0 Å². The smallest absolute Gasteiger partial charge is 0.231 e. The molecule has 5 nitrogen and oxygen atoms in total. The highest BCUT2D eigenvalue weighted by Crippen LogP contribution is 2.39. The van der Waals surface area contributed by atoms with Crippen molar-refractivity contribution in [2.45, 2.75) is 6.42 Å². The Balaban J connectivity index is 2.42. The number of Topliss-reactive ketones (excluding diaryl/α,β-unsaturated/α-hetero) is 1. The number of ketones is 1. The zero-order chi connectivity index (χ0) is 11.5. The Morgan fingerprint density at radius 3 is 3.00 bits per heavy atom. The molecular weight excluding hydrogens is 210 g/mol. The molecule has 0 radical (unpaired) electrons. The van der Waals surface area contributed by atoms with E-state index in [1.165, 1.54) is 7.11 Å². The largest absolute Gasteiger partial charge is 0.497 e. The van der Waals surface area contributed by atoms with Gasteiger partial charge in [0.1, 0.15) is 5.75 Å². The Hall–Kier alpha value is -1.75. The lowest BCUT2D eigenvalue weighted by Gasteiger charge is -2.07. The normalized spacial score (nSPS) is 12.6. The molecule has 1 aromatic carbocycles. The second-order valence-corrected chi connectivity index (χ2v) is 3.37. The van der Waals surface area contributed by atoms with Crippen molar-refractivity contribution in [2.24, 2.45) is 5.73 Å². The predicted molar refractivity (Wildman–Crippen MR) is 57.1 cm³/mol. The van der Waals surface area contributed by atoms with Crippen molar-refractivity contribution < 1.29 is 19.0 Å². The van der Waals surface area contributed by atoms with Crippen LogP contribution in [-0.4, -0.2) is 26.2 Å². The van der Waals surface area contributed by atoms with E-state index in [4.69, 9.17) is 19.9 Å². The van der Waals surface area contributed by atoms with Crippen LogP contribution in [0.1, 0.15) is 16.8 Å². The number of methoxy groups -OCH3 is 1. The summed E-state index contributed by atoms with van der Waals surface area (Å²) in [5.41, 5.74) is 5.83. The number of carbonyl (C=O) groups excluding carboxylic acids is 1. The van der Waals surface area contributed by atoms with Crippen LogP contribution in [0.4, 0.5) is 0 Å². The average molecular weight is 223 g/mol. The summed E-state index contributed by atoms with van der Waals surface area (Å²) in [6.07, 6.45) is 0.281. The maximum atomic E-state index is 11.8. The number of hydrogen-bond donors (Lipinski definition) is 1. The molecule has 2 rings (SSSR count). The molecule has 0 aliphatic carbocycles. The summed E-state index contributed by atoms with van der Waals surface area (Å²) in [6.45, 7) is 0.442. The van der Waals surface area contributed by atoms with Gasteiger partial charge in [0.05, 0.1) is 12.7 Å². The van der Waals surface area contributed by atoms with Gasteiger partial charge in [-0.25, -0.2) is 0 Å². The molecule has 0 atom stereocenters. The number of hydrogen-bond acceptors (Lipinski definition) is 5. The van der Waals surface area contributed by atoms with Gasteiger partial charge in [0.2, 0.25) is 6.79 Å². The fourth-order valence-corrected chi connectivity index (χ4v) is 1.58. The molecule has 86 valence electrons. The summed E-state index contributed by atoms with van der Waals surface area (Å²) >= 11 is 0. The first-order valence-corrected chi connectivity index (χ1v) is 4.97. The summed E-state index contributed by atoms with van der Waals surface area (Å²) in [6, 6.07) is 3.34. The van der Waals surface area contributed by atoms with Crippen LogP contribution in [0, 0.1) is 0 Å². The highest BCUT2D eigenvalue weighted by molar-refractivity contribution is 6.00. The SMILES string of the molecule is COc1cc2c(c(C(=O)CCN)c1)OCO2. The summed E-state index contributed by atoms with van der Waals surface area (Å²) in [7, 11) is 1.54. The number of nitrogens with two attached hydrogens (primary N) is 1. The third-order valence-corrected chi connectivity index (χ3v) is 2.35. The first kappa shape index (κ1) is 10.8. The van der Waals surface area contributed by atoms with E-state index >= 15 is 0 Å². The van der Waals surface area contributed by atoms with Gasteiger partial charge < -0.3 is 19.9 Å². The number of benzene rings is 1. The topological polar surface area (TPSA) is 70.8 Å². The van der Waals surface area contributed by atoms with Crippen LogP contribution in [0.3, 0.4) is 0 Å². The summed E-state index contributed by atoms with van der Waals surface area (Å²) in [4.78, 5) is 11.8. The fourth-order valence-electron chi connectivity index (χ4n) is 1.58. The minimum atomic E-state index is -0.0665. The highest BCUT2D eigenvalue weighted by atomic mass is 16.7. The Morgan fingerprint density at radius 2 is 2.31 bits per heavy atom. The molecule has 0 unspecified atom stereocenters. The summed E-state index contributed by atoms with van der Waals surface area (Å²) < 4.78 is 15.6. The van der Waals surface area contributed by atoms with Gasteiger partial charge in [-0.05, 0) is 12.6 Å². The van der Waals surface area contributed by atoms with Crippen molar-refractivity contribution in [1.29, 1.82) is 0 Å². The predicted octanol–water partition coefficient (Wildman–Crippen LogP) is 0.955. The third-order valence-electron chi connectivity index (χ3n) is 2.35. The maximum absolute atomic E-state index is 11.8. The monoisotopic (exact) mass is 223 g/mol. The van der Waals surface area contributed by atoms with E-state index in [9.17, 15) is 4.79 Å². The van der Waals surface area contributed by atoms with Crippen molar-refractivity contribution in [3.05, 3.63) is 17.7 Å². The molecule has 1 aliphatic rings. The van der Waals surface area contributed by atoms with Gasteiger partial charge in [-0.15, -0.1) is 0 Å². The molecule has 0 bridgehead atoms. The third kappa shape index (κ3) is 1.81. The molecule has 1 aromatic rings. The quantitative estimate of drug-likeness (QED) is 0.770. The van der Waals surface area contributed by atoms with E-state index in [1.54, 1.807) is 12.1 Å². The molecule has 16 heavy (non-hydrogen) atoms. The number of rotatable bonds is 4. The van der Waals surface area contributed by atoms with Gasteiger partial charge >= 0.3 is 0 Å². The van der Waals surface area contributed by atoms with Crippen molar-refractivity contribution in [3.8, 4) is 17.2 Å². The van der Waals surface area contributed by atoms with Crippen LogP contribution in [0.5, 0.6) is 17.2 Å². The summed E-state index contributed by atoms with van der Waals surface area (Å²) in [5.74, 6) is 1.53. The van der Waals surface area contributed by atoms with Gasteiger partial charge in [0, 0.05) is 12.5 Å². The van der Waals surface area contributed by atoms with Crippen LogP contribution in [0.15, 0.2) is 12.1 Å². The lowest BCUT2D eigenvalue weighted by molar-refractivity contribution is 0.0980. The van der Waals surface area contributed by atoms with Gasteiger partial charge in [0.25, 0.3) is 0 Å². The van der Waals surface area contributed by atoms with Crippen LogP contribution < -0.4 is 19.9 Å². The van der Waals surface area contributed by atoms with E-state index in [2.05, 4.69) is 0 Å². The van der Waals surface area contributed by atoms with E-state index in [-0.39, 0.29) is 19.0 Å². The second kappa shape index (κ2) is 4.40. The van der Waals surface area contributed by atoms with E-state index in [0.717, 1.165) is 0 Å². The van der Waals surface area contributed by atoms with Gasteiger partial charge in [-0.2, -0.15) is 0 Å². The fraction of sp³-hybridized carbons (Fsp3) is 0.364. The number of fused-ring (bicyclic) bond motifs is 1. The molecule has 2 N–H and O–H groups in total. The van der Waals surface area contributed by atoms with Crippen LogP contribution in [0.2, 0.25) is 0 Å². The average Bonchev–Trinajstić information content (AvgIpc) is 2.75. The van der Waals surface area contributed by atoms with Crippen molar-refractivity contribution in [1.82, 2.24) is 0 Å². The molecule has 5 heteroatoms. The Labute approximate surface area is 93.1 Å². The van der Waals surface area contributed by atoms with E-state index in [0.29, 0.717) is 29.4 Å². The van der Waals surface area contributed by atoms with Crippen LogP contribution in [0.25, 0.3) is 0 Å². The number of carbonyl (C=O) groups is 1. The molecule has 0 aromatic heterocycles. The first-order chi connectivity index (χ1) is 7.76. The minimum absolute atomic E-state index is 0.0665. The van der Waals surface area contributed by atoms with E-state index in [1.807, 2.05) is 0 Å². The standard InChI is InChI=1S/C11H13NO4/c1-14-7-4-8(9(13)2-3-12)11-10(5-7)15-6-16-11/h4-5H,2-3,6,12H2,1H3. The molecular formula is C11H13NO4. The highest BCUT2D eigenvalue weighted by Gasteiger charge is 2.23. The molecule has 0 saturated carbocycles. The van der Waals surface area contributed by atoms with Gasteiger partial charge in [0.15, 0.2) is 17.3 Å². The maximum Gasteiger partial charge on any atom is 0.231 e. The van der Waals surface area contributed by atoms with Crippen LogP contribution in [-0.2, 0) is 0 Å². The lowest BCUT2D eigenvalue weighted by Crippen LogP contribution is -2.09. The zero-order valence-electron chi connectivity index (χ0n) is 8.99. The second-order valence-electron chi connectivity index (χ2n) is 3.37. The molecule has 1 heterocycles. The van der Waals surface area contributed by atoms with Crippen LogP contribution >= 0.6 is 0 Å². The molecule has 0 spiro atoms.